The van der Waals surface area contributed by atoms with E-state index in [-0.39, 0.29) is 18.0 Å². The van der Waals surface area contributed by atoms with E-state index >= 15 is 0 Å². The zero-order valence-electron chi connectivity index (χ0n) is 23.8. The number of piperazine rings is 1. The van der Waals surface area contributed by atoms with Crippen LogP contribution in [-0.4, -0.2) is 69.9 Å². The fraction of sp³-hybridized carbons (Fsp3) is 0.419. The van der Waals surface area contributed by atoms with Crippen LogP contribution >= 0.6 is 0 Å². The number of rotatable bonds is 9. The van der Waals surface area contributed by atoms with E-state index in [1.165, 1.54) is 0 Å². The Morgan fingerprint density at radius 2 is 1.40 bits per heavy atom. The molecule has 2 heterocycles. The number of halogens is 6. The summed E-state index contributed by atoms with van der Waals surface area (Å²) in [6.07, 6.45) is -8.04. The third kappa shape index (κ3) is 7.73. The maximum Gasteiger partial charge on any atom is 0.430 e. The summed E-state index contributed by atoms with van der Waals surface area (Å²) in [5.41, 5.74) is -3.20. The Labute approximate surface area is 246 Å². The molecule has 232 valence electrons. The molecular formula is C31H34F6N4O2. The van der Waals surface area contributed by atoms with Gasteiger partial charge < -0.3 is 10.4 Å². The Hall–Kier alpha value is -3.48. The fourth-order valence-electron chi connectivity index (χ4n) is 5.27. The van der Waals surface area contributed by atoms with Crippen LogP contribution in [0.4, 0.5) is 26.3 Å². The number of aromatic nitrogens is 1. The minimum atomic E-state index is -5.94. The van der Waals surface area contributed by atoms with Gasteiger partial charge in [0.05, 0.1) is 0 Å². The van der Waals surface area contributed by atoms with Crippen molar-refractivity contribution in [2.24, 2.45) is 0 Å². The Kier molecular flexibility index (Phi) is 9.83. The smallest absolute Gasteiger partial charge is 0.369 e. The molecule has 2 aromatic carbocycles. The van der Waals surface area contributed by atoms with Crippen LogP contribution in [0.1, 0.15) is 37.0 Å². The molecule has 0 bridgehead atoms. The molecule has 1 aliphatic rings. The van der Waals surface area contributed by atoms with E-state index in [0.717, 1.165) is 42.9 Å². The molecule has 1 atom stereocenters. The van der Waals surface area contributed by atoms with Crippen molar-refractivity contribution in [3.05, 3.63) is 89.7 Å². The van der Waals surface area contributed by atoms with E-state index in [1.54, 1.807) is 24.5 Å². The molecule has 0 radical (unpaired) electrons. The van der Waals surface area contributed by atoms with E-state index in [0.29, 0.717) is 42.8 Å². The van der Waals surface area contributed by atoms with Crippen LogP contribution in [0.2, 0.25) is 0 Å². The summed E-state index contributed by atoms with van der Waals surface area (Å²) >= 11 is 0. The number of aliphatic hydroxyl groups is 1. The highest BCUT2D eigenvalue weighted by molar-refractivity contribution is 5.76. The Morgan fingerprint density at radius 1 is 0.860 bits per heavy atom. The molecule has 0 aliphatic carbocycles. The van der Waals surface area contributed by atoms with E-state index in [1.807, 2.05) is 38.1 Å². The van der Waals surface area contributed by atoms with E-state index in [9.17, 15) is 36.2 Å². The summed E-state index contributed by atoms with van der Waals surface area (Å²) in [6, 6.07) is 14.6. The van der Waals surface area contributed by atoms with Gasteiger partial charge in [0, 0.05) is 69.2 Å². The predicted molar refractivity (Wildman–Crippen MR) is 149 cm³/mol. The lowest BCUT2D eigenvalue weighted by molar-refractivity contribution is -0.376. The average Bonchev–Trinajstić information content (AvgIpc) is 2.93. The molecule has 6 nitrogen and oxygen atoms in total. The lowest BCUT2D eigenvalue weighted by Gasteiger charge is -2.41. The highest BCUT2D eigenvalue weighted by Crippen LogP contribution is 2.50. The summed E-state index contributed by atoms with van der Waals surface area (Å²) in [4.78, 5) is 21.3. The number of carbonyl (C=O) groups excluding carboxylic acids is 1. The summed E-state index contributed by atoms with van der Waals surface area (Å²) in [5.74, 6) is -0.0301. The van der Waals surface area contributed by atoms with Crippen LogP contribution in [-0.2, 0) is 23.5 Å². The Morgan fingerprint density at radius 3 is 1.93 bits per heavy atom. The standard InChI is InChI=1S/C31H34F6N4O2/c1-21(2)39-28(42)17-27-20-40(18-23-11-13-38-14-12-23)15-16-41(27)19-22-3-5-24(6-4-22)25-7-9-26(10-8-25)29(43,30(32,33)34)31(35,36)37/h3-14,21,27,43H,15-20H2,1-2H3,(H,39,42). The lowest BCUT2D eigenvalue weighted by atomic mass is 9.90. The number of hydrogen-bond acceptors (Lipinski definition) is 5. The monoisotopic (exact) mass is 608 g/mol. The topological polar surface area (TPSA) is 68.7 Å². The summed E-state index contributed by atoms with van der Waals surface area (Å²) in [6.45, 7) is 7.36. The van der Waals surface area contributed by atoms with Crippen molar-refractivity contribution in [1.29, 1.82) is 0 Å². The van der Waals surface area contributed by atoms with Gasteiger partial charge in [0.15, 0.2) is 0 Å². The van der Waals surface area contributed by atoms with E-state index < -0.39 is 23.5 Å². The maximum absolute atomic E-state index is 13.2. The number of hydrogen-bond donors (Lipinski definition) is 2. The van der Waals surface area contributed by atoms with Gasteiger partial charge in [-0.1, -0.05) is 48.5 Å². The number of alkyl halides is 6. The van der Waals surface area contributed by atoms with Crippen LogP contribution in [0.25, 0.3) is 11.1 Å². The molecule has 1 aromatic heterocycles. The Balaban J connectivity index is 1.47. The van der Waals surface area contributed by atoms with E-state index in [2.05, 4.69) is 20.1 Å². The quantitative estimate of drug-likeness (QED) is 0.307. The fourth-order valence-corrected chi connectivity index (χ4v) is 5.27. The first-order chi connectivity index (χ1) is 20.2. The SMILES string of the molecule is CC(C)NC(=O)CC1CN(Cc2ccncc2)CCN1Cc1ccc(-c2ccc(C(O)(C(F)(F)F)C(F)(F)F)cc2)cc1. The van der Waals surface area contributed by atoms with Crippen molar-refractivity contribution in [2.45, 2.75) is 63.4 Å². The van der Waals surface area contributed by atoms with Crippen molar-refractivity contribution in [3.63, 3.8) is 0 Å². The van der Waals surface area contributed by atoms with Crippen LogP contribution in [0.5, 0.6) is 0 Å². The Bertz CT molecular complexity index is 1330. The van der Waals surface area contributed by atoms with Gasteiger partial charge in [-0.05, 0) is 48.2 Å². The molecular weight excluding hydrogens is 574 g/mol. The number of amides is 1. The first-order valence-corrected chi connectivity index (χ1v) is 13.9. The summed E-state index contributed by atoms with van der Waals surface area (Å²) < 4.78 is 79.3. The van der Waals surface area contributed by atoms with Crippen molar-refractivity contribution in [3.8, 4) is 11.1 Å². The van der Waals surface area contributed by atoms with Crippen molar-refractivity contribution in [2.75, 3.05) is 19.6 Å². The molecule has 43 heavy (non-hydrogen) atoms. The number of benzene rings is 2. The van der Waals surface area contributed by atoms with E-state index in [4.69, 9.17) is 0 Å². The van der Waals surface area contributed by atoms with Gasteiger partial charge in [-0.2, -0.15) is 26.3 Å². The lowest BCUT2D eigenvalue weighted by Crippen LogP contribution is -2.53. The molecule has 1 saturated heterocycles. The number of nitrogens with one attached hydrogen (secondary N) is 1. The summed E-state index contributed by atoms with van der Waals surface area (Å²) in [5, 5.41) is 12.6. The van der Waals surface area contributed by atoms with Gasteiger partial charge in [-0.15, -0.1) is 0 Å². The number of nitrogens with zero attached hydrogens (tertiary/aromatic N) is 3. The highest BCUT2D eigenvalue weighted by Gasteiger charge is 2.71. The molecule has 0 spiro atoms. The molecule has 1 unspecified atom stereocenters. The number of carbonyl (C=O) groups is 1. The van der Waals surface area contributed by atoms with Gasteiger partial charge in [-0.3, -0.25) is 19.6 Å². The van der Waals surface area contributed by atoms with Crippen molar-refractivity contribution < 1.29 is 36.2 Å². The van der Waals surface area contributed by atoms with Crippen molar-refractivity contribution >= 4 is 5.91 Å². The average molecular weight is 609 g/mol. The zero-order chi connectivity index (χ0) is 31.4. The van der Waals surface area contributed by atoms with Crippen LogP contribution in [0.3, 0.4) is 0 Å². The first kappa shape index (κ1) is 32.4. The molecule has 0 saturated carbocycles. The molecule has 1 aliphatic heterocycles. The maximum atomic E-state index is 13.2. The highest BCUT2D eigenvalue weighted by atomic mass is 19.4. The first-order valence-electron chi connectivity index (χ1n) is 13.9. The van der Waals surface area contributed by atoms with Gasteiger partial charge in [0.25, 0.3) is 5.60 Å². The molecule has 1 fully saturated rings. The summed E-state index contributed by atoms with van der Waals surface area (Å²) in [7, 11) is 0. The minimum absolute atomic E-state index is 0.0230. The molecule has 1 amide bonds. The zero-order valence-corrected chi connectivity index (χ0v) is 23.8. The van der Waals surface area contributed by atoms with Gasteiger partial charge in [0.1, 0.15) is 0 Å². The third-order valence-corrected chi connectivity index (χ3v) is 7.51. The number of pyridine rings is 1. The second kappa shape index (κ2) is 13.0. The second-order valence-electron chi connectivity index (χ2n) is 11.1. The second-order valence-corrected chi connectivity index (χ2v) is 11.1. The van der Waals surface area contributed by atoms with Crippen LogP contribution < -0.4 is 5.32 Å². The van der Waals surface area contributed by atoms with Gasteiger partial charge in [0.2, 0.25) is 5.91 Å². The van der Waals surface area contributed by atoms with Crippen LogP contribution in [0.15, 0.2) is 73.1 Å². The van der Waals surface area contributed by atoms with Gasteiger partial charge >= 0.3 is 12.4 Å². The van der Waals surface area contributed by atoms with Crippen LogP contribution in [0, 0.1) is 0 Å². The third-order valence-electron chi connectivity index (χ3n) is 7.51. The predicted octanol–water partition coefficient (Wildman–Crippen LogP) is 5.66. The normalized spacial score (nSPS) is 17.3. The van der Waals surface area contributed by atoms with Gasteiger partial charge in [-0.25, -0.2) is 0 Å². The minimum Gasteiger partial charge on any atom is -0.369 e. The largest absolute Gasteiger partial charge is 0.430 e. The molecule has 3 aromatic rings. The molecule has 12 heteroatoms. The van der Waals surface area contributed by atoms with Crippen molar-refractivity contribution in [1.82, 2.24) is 20.1 Å². The molecule has 2 N–H and O–H groups in total. The molecule has 4 rings (SSSR count).